The third-order valence-corrected chi connectivity index (χ3v) is 1.63. The second-order valence-electron chi connectivity index (χ2n) is 2.48. The first kappa shape index (κ1) is 9.58. The highest BCUT2D eigenvalue weighted by molar-refractivity contribution is 5.97. The predicted molar refractivity (Wildman–Crippen MR) is 51.6 cm³/mol. The lowest BCUT2D eigenvalue weighted by Gasteiger charge is -2.08. The fourth-order valence-electron chi connectivity index (χ4n) is 0.953. The number of benzene rings is 1. The smallest absolute Gasteiger partial charge is 0.228 e. The van der Waals surface area contributed by atoms with Gasteiger partial charge in [-0.1, -0.05) is 19.1 Å². The van der Waals surface area contributed by atoms with Gasteiger partial charge in [0, 0.05) is 6.42 Å². The van der Waals surface area contributed by atoms with Gasteiger partial charge in [-0.05, 0) is 12.1 Å². The Labute approximate surface area is 77.7 Å². The van der Waals surface area contributed by atoms with Crippen LogP contribution in [0.4, 0.5) is 5.69 Å². The fourth-order valence-corrected chi connectivity index (χ4v) is 0.953. The van der Waals surface area contributed by atoms with Crippen molar-refractivity contribution < 1.29 is 9.53 Å². The van der Waals surface area contributed by atoms with Gasteiger partial charge in [0.25, 0.3) is 0 Å². The van der Waals surface area contributed by atoms with E-state index < -0.39 is 0 Å². The lowest BCUT2D eigenvalue weighted by atomic mass is 10.3. The minimum Gasteiger partial charge on any atom is -0.495 e. The largest absolute Gasteiger partial charge is 0.495 e. The van der Waals surface area contributed by atoms with Gasteiger partial charge >= 0.3 is 0 Å². The number of para-hydroxylation sites is 2. The number of rotatable bonds is 3. The number of anilines is 1. The second-order valence-corrected chi connectivity index (χ2v) is 2.48. The normalized spacial score (nSPS) is 9.38. The fraction of sp³-hybridized carbons (Fsp3) is 0.200. The molecule has 0 aliphatic heterocycles. The molecule has 69 valence electrons. The van der Waals surface area contributed by atoms with Crippen LogP contribution in [0.15, 0.2) is 24.3 Å². The summed E-state index contributed by atoms with van der Waals surface area (Å²) in [5.41, 5.74) is 0.688. The van der Waals surface area contributed by atoms with Gasteiger partial charge in [0.2, 0.25) is 5.91 Å². The van der Waals surface area contributed by atoms with Crippen molar-refractivity contribution in [3.8, 4) is 5.75 Å². The quantitative estimate of drug-likeness (QED) is 0.767. The van der Waals surface area contributed by atoms with E-state index in [0.717, 1.165) is 0 Å². The van der Waals surface area contributed by atoms with Gasteiger partial charge in [0.15, 0.2) is 0 Å². The topological polar surface area (TPSA) is 38.3 Å². The van der Waals surface area contributed by atoms with Crippen LogP contribution in [0.1, 0.15) is 6.92 Å². The van der Waals surface area contributed by atoms with Crippen LogP contribution >= 0.6 is 0 Å². The van der Waals surface area contributed by atoms with E-state index >= 15 is 0 Å². The van der Waals surface area contributed by atoms with Crippen molar-refractivity contribution in [2.75, 3.05) is 12.4 Å². The summed E-state index contributed by atoms with van der Waals surface area (Å²) >= 11 is 0. The molecule has 0 atom stereocenters. The summed E-state index contributed by atoms with van der Waals surface area (Å²) in [6.45, 7) is 1.69. The third-order valence-electron chi connectivity index (χ3n) is 1.63. The third kappa shape index (κ3) is 2.47. The summed E-state index contributed by atoms with van der Waals surface area (Å²) in [7, 11) is 1.57. The average Bonchev–Trinajstić information content (AvgIpc) is 2.18. The maximum Gasteiger partial charge on any atom is 0.228 e. The van der Waals surface area contributed by atoms with Crippen LogP contribution in [0.2, 0.25) is 0 Å². The summed E-state index contributed by atoms with van der Waals surface area (Å²) in [5, 5.41) is 2.69. The van der Waals surface area contributed by atoms with E-state index in [2.05, 4.69) is 5.32 Å². The summed E-state index contributed by atoms with van der Waals surface area (Å²) in [6.07, 6.45) is 1.46. The predicted octanol–water partition coefficient (Wildman–Crippen LogP) is 1.86. The standard InChI is InChI=1S/C10H12NO2/c1-3-10(12)11-8-6-4-5-7-9(8)13-2/h3-7H,1-2H3,(H,11,12). The molecule has 1 radical (unpaired) electrons. The molecule has 1 amide bonds. The lowest BCUT2D eigenvalue weighted by Crippen LogP contribution is -2.10. The van der Waals surface area contributed by atoms with E-state index in [9.17, 15) is 4.79 Å². The van der Waals surface area contributed by atoms with Gasteiger partial charge < -0.3 is 10.1 Å². The van der Waals surface area contributed by atoms with Crippen molar-refractivity contribution in [3.63, 3.8) is 0 Å². The molecule has 0 bridgehead atoms. The first-order valence-electron chi connectivity index (χ1n) is 4.01. The SMILES string of the molecule is C[CH]C(=O)Nc1ccccc1OC. The van der Waals surface area contributed by atoms with E-state index in [-0.39, 0.29) is 5.91 Å². The summed E-state index contributed by atoms with van der Waals surface area (Å²) < 4.78 is 5.06. The molecular weight excluding hydrogens is 166 g/mol. The molecule has 1 aromatic rings. The lowest BCUT2D eigenvalue weighted by molar-refractivity contribution is -0.113. The number of hydrogen-bond donors (Lipinski definition) is 1. The maximum atomic E-state index is 11.0. The Kier molecular flexibility index (Phi) is 3.31. The van der Waals surface area contributed by atoms with Crippen molar-refractivity contribution in [1.29, 1.82) is 0 Å². The van der Waals surface area contributed by atoms with Crippen LogP contribution in [0, 0.1) is 6.42 Å². The van der Waals surface area contributed by atoms with E-state index in [4.69, 9.17) is 4.74 Å². The molecule has 0 saturated heterocycles. The zero-order valence-electron chi connectivity index (χ0n) is 7.70. The highest BCUT2D eigenvalue weighted by atomic mass is 16.5. The van der Waals surface area contributed by atoms with Gasteiger partial charge in [0.1, 0.15) is 5.75 Å². The van der Waals surface area contributed by atoms with Gasteiger partial charge in [0.05, 0.1) is 12.8 Å². The Balaban J connectivity index is 2.81. The minimum atomic E-state index is -0.135. The van der Waals surface area contributed by atoms with E-state index in [1.165, 1.54) is 6.42 Å². The summed E-state index contributed by atoms with van der Waals surface area (Å²) in [6, 6.07) is 7.28. The number of methoxy groups -OCH3 is 1. The zero-order valence-corrected chi connectivity index (χ0v) is 7.70. The van der Waals surface area contributed by atoms with Crippen LogP contribution in [-0.4, -0.2) is 13.0 Å². The molecule has 1 aromatic carbocycles. The Morgan fingerprint density at radius 1 is 1.46 bits per heavy atom. The maximum absolute atomic E-state index is 11.0. The van der Waals surface area contributed by atoms with Gasteiger partial charge in [-0.3, -0.25) is 4.79 Å². The minimum absolute atomic E-state index is 0.135. The highest BCUT2D eigenvalue weighted by Gasteiger charge is 2.03. The molecule has 1 rings (SSSR count). The first-order chi connectivity index (χ1) is 6.27. The molecule has 0 saturated carbocycles. The molecule has 0 aromatic heterocycles. The second kappa shape index (κ2) is 4.50. The van der Waals surface area contributed by atoms with Crippen molar-refractivity contribution in [2.24, 2.45) is 0 Å². The molecule has 0 spiro atoms. The number of carbonyl (C=O) groups is 1. The van der Waals surface area contributed by atoms with Crippen molar-refractivity contribution in [1.82, 2.24) is 0 Å². The molecule has 0 aliphatic rings. The molecule has 0 fully saturated rings. The van der Waals surface area contributed by atoms with Gasteiger partial charge in [-0.25, -0.2) is 0 Å². The Bertz CT molecular complexity index is 297. The Hall–Kier alpha value is -1.51. The van der Waals surface area contributed by atoms with E-state index in [1.54, 1.807) is 26.2 Å². The Morgan fingerprint density at radius 2 is 2.15 bits per heavy atom. The first-order valence-corrected chi connectivity index (χ1v) is 4.01. The summed E-state index contributed by atoms with van der Waals surface area (Å²) in [5.74, 6) is 0.530. The molecule has 1 N–H and O–H groups in total. The number of amides is 1. The number of hydrogen-bond acceptors (Lipinski definition) is 2. The number of carbonyl (C=O) groups excluding carboxylic acids is 1. The van der Waals surface area contributed by atoms with Crippen LogP contribution in [0.25, 0.3) is 0 Å². The molecule has 0 aliphatic carbocycles. The van der Waals surface area contributed by atoms with Crippen LogP contribution in [-0.2, 0) is 4.79 Å². The van der Waals surface area contributed by atoms with Gasteiger partial charge in [-0.15, -0.1) is 0 Å². The Morgan fingerprint density at radius 3 is 2.77 bits per heavy atom. The number of nitrogens with one attached hydrogen (secondary N) is 1. The molecule has 13 heavy (non-hydrogen) atoms. The van der Waals surface area contributed by atoms with Crippen LogP contribution < -0.4 is 10.1 Å². The molecular formula is C10H12NO2. The average molecular weight is 178 g/mol. The van der Waals surface area contributed by atoms with Crippen molar-refractivity contribution in [3.05, 3.63) is 30.7 Å². The molecule has 3 nitrogen and oxygen atoms in total. The molecule has 0 heterocycles. The van der Waals surface area contributed by atoms with Gasteiger partial charge in [-0.2, -0.15) is 0 Å². The van der Waals surface area contributed by atoms with E-state index in [0.29, 0.717) is 11.4 Å². The monoisotopic (exact) mass is 178 g/mol. The molecule has 3 heteroatoms. The van der Waals surface area contributed by atoms with Crippen LogP contribution in [0.3, 0.4) is 0 Å². The highest BCUT2D eigenvalue weighted by Crippen LogP contribution is 2.22. The van der Waals surface area contributed by atoms with E-state index in [1.807, 2.05) is 12.1 Å². The zero-order chi connectivity index (χ0) is 9.68. The number of ether oxygens (including phenoxy) is 1. The van der Waals surface area contributed by atoms with Crippen LogP contribution in [0.5, 0.6) is 5.75 Å². The van der Waals surface area contributed by atoms with Crippen molar-refractivity contribution >= 4 is 11.6 Å². The van der Waals surface area contributed by atoms with Crippen molar-refractivity contribution in [2.45, 2.75) is 6.92 Å². The summed E-state index contributed by atoms with van der Waals surface area (Å²) in [4.78, 5) is 11.0. The molecule has 0 unspecified atom stereocenters.